The van der Waals surface area contributed by atoms with Crippen LogP contribution in [0.4, 0.5) is 10.1 Å². The van der Waals surface area contributed by atoms with Crippen LogP contribution in [0.2, 0.25) is 0 Å². The minimum atomic E-state index is -3.99. The topological polar surface area (TPSA) is 85.7 Å². The lowest BCUT2D eigenvalue weighted by Crippen LogP contribution is -2.45. The number of hydrogen-bond acceptors (Lipinski definition) is 5. The Hall–Kier alpha value is -3.20. The minimum absolute atomic E-state index is 0.167. The van der Waals surface area contributed by atoms with Gasteiger partial charge in [-0.15, -0.1) is 0 Å². The van der Waals surface area contributed by atoms with Gasteiger partial charge in [-0.1, -0.05) is 30.3 Å². The highest BCUT2D eigenvalue weighted by Gasteiger charge is 2.33. The normalized spacial score (nSPS) is 12.6. The van der Waals surface area contributed by atoms with Gasteiger partial charge in [0.25, 0.3) is 5.91 Å². The number of benzene rings is 2. The summed E-state index contributed by atoms with van der Waals surface area (Å²) in [5, 5.41) is 0.483. The molecule has 0 amide bonds. The van der Waals surface area contributed by atoms with E-state index in [0.717, 1.165) is 16.6 Å². The quantitative estimate of drug-likeness (QED) is 0.595. The van der Waals surface area contributed by atoms with Gasteiger partial charge < -0.3 is 4.74 Å². The minimum Gasteiger partial charge on any atom is -0.465 e. The molecule has 0 saturated carbocycles. The zero-order chi connectivity index (χ0) is 21.3. The van der Waals surface area contributed by atoms with Crippen LogP contribution < -0.4 is 4.31 Å². The maximum Gasteiger partial charge on any atom is 0.340 e. The third-order valence-electron chi connectivity index (χ3n) is 4.51. The predicted octanol–water partition coefficient (Wildman–Crippen LogP) is 3.06. The van der Waals surface area contributed by atoms with Crippen molar-refractivity contribution in [1.29, 1.82) is 0 Å². The summed E-state index contributed by atoms with van der Waals surface area (Å²) in [6, 6.07) is 10.7. The first-order chi connectivity index (χ1) is 13.7. The third-order valence-corrected chi connectivity index (χ3v) is 5.74. The number of methoxy groups -OCH3 is 1. The van der Waals surface area contributed by atoms with Gasteiger partial charge in [0.15, 0.2) is 0 Å². The fraction of sp³-hybridized carbons (Fsp3) is 0.200. The molecule has 0 bridgehead atoms. The maximum atomic E-state index is 14.3. The maximum absolute atomic E-state index is 14.3. The van der Waals surface area contributed by atoms with Gasteiger partial charge in [0.05, 0.1) is 30.1 Å². The van der Waals surface area contributed by atoms with Gasteiger partial charge in [0, 0.05) is 11.6 Å². The molecule has 0 saturated heterocycles. The average Bonchev–Trinajstić information content (AvgIpc) is 3.07. The van der Waals surface area contributed by atoms with Crippen molar-refractivity contribution in [2.45, 2.75) is 13.0 Å². The van der Waals surface area contributed by atoms with Crippen LogP contribution in [0.25, 0.3) is 10.9 Å². The van der Waals surface area contributed by atoms with Gasteiger partial charge in [-0.05, 0) is 25.1 Å². The smallest absolute Gasteiger partial charge is 0.340 e. The van der Waals surface area contributed by atoms with Gasteiger partial charge in [-0.2, -0.15) is 0 Å². The summed E-state index contributed by atoms with van der Waals surface area (Å²) in [6.45, 7) is 1.36. The first-order valence-electron chi connectivity index (χ1n) is 8.63. The molecule has 0 fully saturated rings. The molecule has 1 aromatic heterocycles. The fourth-order valence-electron chi connectivity index (χ4n) is 3.24. The molecular formula is C20H19FN2O5S. The van der Waals surface area contributed by atoms with Gasteiger partial charge in [-0.25, -0.2) is 17.6 Å². The summed E-state index contributed by atoms with van der Waals surface area (Å²) in [5.41, 5.74) is 0.340. The molecule has 7 nitrogen and oxygen atoms in total. The summed E-state index contributed by atoms with van der Waals surface area (Å²) in [5.74, 6) is -2.05. The summed E-state index contributed by atoms with van der Waals surface area (Å²) >= 11 is 0. The van der Waals surface area contributed by atoms with Gasteiger partial charge >= 0.3 is 5.97 Å². The molecule has 152 valence electrons. The van der Waals surface area contributed by atoms with Gasteiger partial charge in [-0.3, -0.25) is 13.7 Å². The Bertz CT molecular complexity index is 1200. The number of sulfonamides is 1. The largest absolute Gasteiger partial charge is 0.465 e. The molecule has 0 aliphatic carbocycles. The highest BCUT2D eigenvalue weighted by atomic mass is 32.2. The Labute approximate surface area is 167 Å². The van der Waals surface area contributed by atoms with Crippen molar-refractivity contribution >= 4 is 38.5 Å². The highest BCUT2D eigenvalue weighted by molar-refractivity contribution is 7.92. The van der Waals surface area contributed by atoms with E-state index in [4.69, 9.17) is 4.74 Å². The molecule has 0 radical (unpaired) electrons. The summed E-state index contributed by atoms with van der Waals surface area (Å²) < 4.78 is 45.8. The third kappa shape index (κ3) is 3.73. The summed E-state index contributed by atoms with van der Waals surface area (Å²) in [4.78, 5) is 25.3. The Morgan fingerprint density at radius 1 is 1.10 bits per heavy atom. The van der Waals surface area contributed by atoms with Crippen molar-refractivity contribution in [2.75, 3.05) is 17.7 Å². The molecule has 1 atom stereocenters. The lowest BCUT2D eigenvalue weighted by atomic mass is 10.2. The second-order valence-electron chi connectivity index (χ2n) is 6.45. The SMILES string of the molecule is COC(=O)c1cn(C(=O)C(C)N(c2ccccc2F)S(C)(=O)=O)c2ccccc12. The van der Waals surface area contributed by atoms with Crippen molar-refractivity contribution in [3.63, 3.8) is 0 Å². The molecule has 2 aromatic carbocycles. The predicted molar refractivity (Wildman–Crippen MR) is 107 cm³/mol. The Morgan fingerprint density at radius 3 is 2.34 bits per heavy atom. The van der Waals surface area contributed by atoms with Crippen LogP contribution in [0.15, 0.2) is 54.7 Å². The molecule has 0 aliphatic heterocycles. The zero-order valence-electron chi connectivity index (χ0n) is 16.0. The first-order valence-corrected chi connectivity index (χ1v) is 10.5. The van der Waals surface area contributed by atoms with E-state index in [1.165, 1.54) is 43.0 Å². The number of carbonyl (C=O) groups excluding carboxylic acids is 2. The Balaban J connectivity index is 2.14. The molecular weight excluding hydrogens is 399 g/mol. The van der Waals surface area contributed by atoms with E-state index in [9.17, 15) is 22.4 Å². The number of fused-ring (bicyclic) bond motifs is 1. The van der Waals surface area contributed by atoms with Gasteiger partial charge in [0.2, 0.25) is 10.0 Å². The number of aromatic nitrogens is 1. The Kier molecular flexibility index (Phi) is 5.43. The van der Waals surface area contributed by atoms with Gasteiger partial charge in [0.1, 0.15) is 11.9 Å². The second-order valence-corrected chi connectivity index (χ2v) is 8.31. The van der Waals surface area contributed by atoms with Crippen molar-refractivity contribution in [1.82, 2.24) is 4.57 Å². The monoisotopic (exact) mass is 418 g/mol. The number of ether oxygens (including phenoxy) is 1. The van der Waals surface area contributed by atoms with Crippen LogP contribution in [0, 0.1) is 5.82 Å². The van der Waals surface area contributed by atoms with E-state index < -0.39 is 33.8 Å². The number of esters is 1. The van der Waals surface area contributed by atoms with E-state index in [1.807, 2.05) is 0 Å². The van der Waals surface area contributed by atoms with E-state index in [2.05, 4.69) is 0 Å². The van der Waals surface area contributed by atoms with E-state index in [0.29, 0.717) is 10.9 Å². The Morgan fingerprint density at radius 2 is 1.72 bits per heavy atom. The fourth-order valence-corrected chi connectivity index (χ4v) is 4.41. The van der Waals surface area contributed by atoms with Crippen LogP contribution in [0.5, 0.6) is 0 Å². The molecule has 3 rings (SSSR count). The van der Waals surface area contributed by atoms with E-state index >= 15 is 0 Å². The lowest BCUT2D eigenvalue weighted by molar-refractivity contribution is 0.0603. The number of rotatable bonds is 5. The number of para-hydroxylation sites is 2. The zero-order valence-corrected chi connectivity index (χ0v) is 16.8. The lowest BCUT2D eigenvalue weighted by Gasteiger charge is -2.28. The molecule has 9 heteroatoms. The molecule has 3 aromatic rings. The summed E-state index contributed by atoms with van der Waals surface area (Å²) in [6.07, 6.45) is 2.20. The average molecular weight is 418 g/mol. The molecule has 1 unspecified atom stereocenters. The molecule has 0 aliphatic rings. The molecule has 0 N–H and O–H groups in total. The highest BCUT2D eigenvalue weighted by Crippen LogP contribution is 2.27. The van der Waals surface area contributed by atoms with Crippen LogP contribution >= 0.6 is 0 Å². The second kappa shape index (κ2) is 7.67. The van der Waals surface area contributed by atoms with Crippen LogP contribution in [0.1, 0.15) is 22.1 Å². The van der Waals surface area contributed by atoms with Crippen LogP contribution in [-0.4, -0.2) is 44.3 Å². The van der Waals surface area contributed by atoms with Crippen molar-refractivity contribution in [3.8, 4) is 0 Å². The van der Waals surface area contributed by atoms with Crippen LogP contribution in [0.3, 0.4) is 0 Å². The van der Waals surface area contributed by atoms with Crippen molar-refractivity contribution in [3.05, 3.63) is 66.1 Å². The molecule has 1 heterocycles. The van der Waals surface area contributed by atoms with Crippen LogP contribution in [-0.2, 0) is 14.8 Å². The first kappa shape index (κ1) is 20.5. The number of carbonyl (C=O) groups is 2. The molecule has 29 heavy (non-hydrogen) atoms. The standard InChI is InChI=1S/C20H19FN2O5S/c1-13(23(29(3,26)27)18-11-7-5-9-16(18)21)19(24)22-12-15(20(25)28-2)14-8-4-6-10-17(14)22/h4-13H,1-3H3. The van der Waals surface area contributed by atoms with Crippen molar-refractivity contribution in [2.24, 2.45) is 0 Å². The van der Waals surface area contributed by atoms with E-state index in [1.54, 1.807) is 24.3 Å². The summed E-state index contributed by atoms with van der Waals surface area (Å²) in [7, 11) is -2.77. The number of halogens is 1. The number of nitrogens with zero attached hydrogens (tertiary/aromatic N) is 2. The number of hydrogen-bond donors (Lipinski definition) is 0. The number of anilines is 1. The van der Waals surface area contributed by atoms with E-state index in [-0.39, 0.29) is 11.3 Å². The molecule has 0 spiro atoms. The van der Waals surface area contributed by atoms with Crippen molar-refractivity contribution < 1.29 is 27.1 Å².